The Morgan fingerprint density at radius 2 is 2.22 bits per heavy atom. The van der Waals surface area contributed by atoms with E-state index in [4.69, 9.17) is 0 Å². The topological polar surface area (TPSA) is 72.2 Å². The van der Waals surface area contributed by atoms with Crippen LogP contribution in [-0.2, 0) is 0 Å². The summed E-state index contributed by atoms with van der Waals surface area (Å²) >= 11 is 0. The van der Waals surface area contributed by atoms with E-state index < -0.39 is 4.92 Å². The fourth-order valence-electron chi connectivity index (χ4n) is 2.45. The number of hydrogen-bond acceptors (Lipinski definition) is 4. The molecule has 5 heteroatoms. The van der Waals surface area contributed by atoms with Crippen LogP contribution in [0.15, 0.2) is 18.2 Å². The number of anilines is 1. The van der Waals surface area contributed by atoms with Crippen LogP contribution in [0.1, 0.15) is 36.5 Å². The standard InChI is InChI=1S/C13H16N2O3/c1-9-2-4-11(6-9)14-12-5-3-10(8-16)7-13(12)15(17)18/h3,5,7-9,11,14H,2,4,6H2,1H3. The summed E-state index contributed by atoms with van der Waals surface area (Å²) < 4.78 is 0. The Hall–Kier alpha value is -1.91. The van der Waals surface area contributed by atoms with E-state index in [9.17, 15) is 14.9 Å². The first-order chi connectivity index (χ1) is 8.60. The summed E-state index contributed by atoms with van der Waals surface area (Å²) in [5, 5.41) is 14.2. The zero-order chi connectivity index (χ0) is 13.1. The molecule has 1 aromatic rings. The fraction of sp³-hybridized carbons (Fsp3) is 0.462. The Bertz CT molecular complexity index is 473. The van der Waals surface area contributed by atoms with Crippen LogP contribution in [0, 0.1) is 16.0 Å². The van der Waals surface area contributed by atoms with E-state index in [1.807, 2.05) is 0 Å². The van der Waals surface area contributed by atoms with Gasteiger partial charge in [-0.25, -0.2) is 0 Å². The summed E-state index contributed by atoms with van der Waals surface area (Å²) in [6.07, 6.45) is 3.84. The van der Waals surface area contributed by atoms with Crippen molar-refractivity contribution in [2.24, 2.45) is 5.92 Å². The number of aldehydes is 1. The van der Waals surface area contributed by atoms with E-state index >= 15 is 0 Å². The van der Waals surface area contributed by atoms with E-state index in [0.29, 0.717) is 29.5 Å². The highest BCUT2D eigenvalue weighted by Crippen LogP contribution is 2.31. The zero-order valence-electron chi connectivity index (χ0n) is 10.3. The Morgan fingerprint density at radius 1 is 1.44 bits per heavy atom. The van der Waals surface area contributed by atoms with Crippen molar-refractivity contribution in [3.05, 3.63) is 33.9 Å². The van der Waals surface area contributed by atoms with Crippen LogP contribution in [0.4, 0.5) is 11.4 Å². The second kappa shape index (κ2) is 5.16. The lowest BCUT2D eigenvalue weighted by molar-refractivity contribution is -0.384. The van der Waals surface area contributed by atoms with Gasteiger partial charge in [0.05, 0.1) is 4.92 Å². The number of hydrogen-bond donors (Lipinski definition) is 1. The van der Waals surface area contributed by atoms with E-state index in [1.165, 1.54) is 6.07 Å². The molecule has 1 N–H and O–H groups in total. The van der Waals surface area contributed by atoms with Gasteiger partial charge >= 0.3 is 0 Å². The number of benzene rings is 1. The highest BCUT2D eigenvalue weighted by atomic mass is 16.6. The quantitative estimate of drug-likeness (QED) is 0.505. The molecule has 0 bridgehead atoms. The van der Waals surface area contributed by atoms with Gasteiger partial charge in [0.15, 0.2) is 0 Å². The zero-order valence-corrected chi connectivity index (χ0v) is 10.3. The molecule has 0 aliphatic heterocycles. The molecule has 1 aliphatic carbocycles. The lowest BCUT2D eigenvalue weighted by Crippen LogP contribution is -2.16. The molecule has 5 nitrogen and oxygen atoms in total. The molecule has 1 aliphatic rings. The van der Waals surface area contributed by atoms with Gasteiger partial charge in [0.25, 0.3) is 5.69 Å². The third-order valence-corrected chi connectivity index (χ3v) is 3.41. The van der Waals surface area contributed by atoms with Crippen LogP contribution in [0.5, 0.6) is 0 Å². The number of nitro benzene ring substituents is 1. The normalized spacial score (nSPS) is 22.7. The second-order valence-electron chi connectivity index (χ2n) is 4.91. The van der Waals surface area contributed by atoms with Gasteiger partial charge in [-0.2, -0.15) is 0 Å². The van der Waals surface area contributed by atoms with Crippen molar-refractivity contribution in [3.8, 4) is 0 Å². The Morgan fingerprint density at radius 3 is 2.78 bits per heavy atom. The van der Waals surface area contributed by atoms with Crippen molar-refractivity contribution in [3.63, 3.8) is 0 Å². The predicted octanol–water partition coefficient (Wildman–Crippen LogP) is 3.01. The molecule has 0 spiro atoms. The van der Waals surface area contributed by atoms with E-state index in [1.54, 1.807) is 12.1 Å². The van der Waals surface area contributed by atoms with Gasteiger partial charge in [-0.1, -0.05) is 6.92 Å². The van der Waals surface area contributed by atoms with Crippen LogP contribution in [0.3, 0.4) is 0 Å². The van der Waals surface area contributed by atoms with Crippen LogP contribution >= 0.6 is 0 Å². The molecular formula is C13H16N2O3. The number of nitrogens with zero attached hydrogens (tertiary/aromatic N) is 1. The summed E-state index contributed by atoms with van der Waals surface area (Å²) in [6.45, 7) is 2.19. The molecule has 2 rings (SSSR count). The lowest BCUT2D eigenvalue weighted by Gasteiger charge is -2.14. The molecular weight excluding hydrogens is 232 g/mol. The first-order valence-corrected chi connectivity index (χ1v) is 6.10. The predicted molar refractivity (Wildman–Crippen MR) is 68.9 cm³/mol. The molecule has 0 amide bonds. The molecule has 2 unspecified atom stereocenters. The molecule has 1 aromatic carbocycles. The first-order valence-electron chi connectivity index (χ1n) is 6.10. The lowest BCUT2D eigenvalue weighted by atomic mass is 10.1. The number of rotatable bonds is 4. The number of nitro groups is 1. The molecule has 0 aromatic heterocycles. The summed E-state index contributed by atoms with van der Waals surface area (Å²) in [5.74, 6) is 0.663. The Balaban J connectivity index is 2.21. The maximum atomic E-state index is 11.0. The molecule has 2 atom stereocenters. The molecule has 18 heavy (non-hydrogen) atoms. The number of carbonyl (C=O) groups is 1. The third kappa shape index (κ3) is 2.67. The Labute approximate surface area is 105 Å². The molecule has 1 fully saturated rings. The van der Waals surface area contributed by atoms with Crippen LogP contribution in [0.2, 0.25) is 0 Å². The minimum absolute atomic E-state index is 0.0286. The summed E-state index contributed by atoms with van der Waals surface area (Å²) in [6, 6.07) is 4.82. The fourth-order valence-corrected chi connectivity index (χ4v) is 2.45. The van der Waals surface area contributed by atoms with Gasteiger partial charge in [0.1, 0.15) is 12.0 Å². The molecule has 1 saturated carbocycles. The van der Waals surface area contributed by atoms with Crippen molar-refractivity contribution in [1.29, 1.82) is 0 Å². The van der Waals surface area contributed by atoms with Gasteiger partial charge in [-0.05, 0) is 37.3 Å². The maximum absolute atomic E-state index is 11.0. The Kier molecular flexibility index (Phi) is 3.60. The van der Waals surface area contributed by atoms with Crippen molar-refractivity contribution in [2.45, 2.75) is 32.2 Å². The number of nitrogens with one attached hydrogen (secondary N) is 1. The average molecular weight is 248 g/mol. The minimum Gasteiger partial charge on any atom is -0.377 e. The molecule has 96 valence electrons. The summed E-state index contributed by atoms with van der Waals surface area (Å²) in [5.41, 5.74) is 0.802. The highest BCUT2D eigenvalue weighted by molar-refractivity contribution is 5.79. The largest absolute Gasteiger partial charge is 0.377 e. The SMILES string of the molecule is CC1CCC(Nc2ccc(C=O)cc2[N+](=O)[O-])C1. The van der Waals surface area contributed by atoms with Crippen LogP contribution in [0.25, 0.3) is 0 Å². The van der Waals surface area contributed by atoms with E-state index in [-0.39, 0.29) is 5.69 Å². The highest BCUT2D eigenvalue weighted by Gasteiger charge is 2.24. The van der Waals surface area contributed by atoms with E-state index in [2.05, 4.69) is 12.2 Å². The smallest absolute Gasteiger partial charge is 0.293 e. The van der Waals surface area contributed by atoms with Gasteiger partial charge < -0.3 is 5.32 Å². The average Bonchev–Trinajstić information content (AvgIpc) is 2.75. The van der Waals surface area contributed by atoms with Crippen LogP contribution in [-0.4, -0.2) is 17.3 Å². The van der Waals surface area contributed by atoms with Crippen molar-refractivity contribution in [1.82, 2.24) is 0 Å². The molecule has 0 heterocycles. The van der Waals surface area contributed by atoms with Gasteiger partial charge in [0.2, 0.25) is 0 Å². The van der Waals surface area contributed by atoms with E-state index in [0.717, 1.165) is 19.3 Å². The van der Waals surface area contributed by atoms with Crippen LogP contribution < -0.4 is 5.32 Å². The third-order valence-electron chi connectivity index (χ3n) is 3.41. The van der Waals surface area contributed by atoms with Crippen molar-refractivity contribution >= 4 is 17.7 Å². The van der Waals surface area contributed by atoms with Gasteiger partial charge in [-0.15, -0.1) is 0 Å². The maximum Gasteiger partial charge on any atom is 0.293 e. The van der Waals surface area contributed by atoms with Crippen molar-refractivity contribution < 1.29 is 9.72 Å². The number of carbonyl (C=O) groups excluding carboxylic acids is 1. The first kappa shape index (κ1) is 12.5. The second-order valence-corrected chi connectivity index (χ2v) is 4.91. The monoisotopic (exact) mass is 248 g/mol. The summed E-state index contributed by atoms with van der Waals surface area (Å²) in [7, 11) is 0. The van der Waals surface area contributed by atoms with Gasteiger partial charge in [-0.3, -0.25) is 14.9 Å². The van der Waals surface area contributed by atoms with Gasteiger partial charge in [0, 0.05) is 17.7 Å². The molecule has 0 saturated heterocycles. The molecule has 0 radical (unpaired) electrons. The van der Waals surface area contributed by atoms with Crippen molar-refractivity contribution in [2.75, 3.05) is 5.32 Å². The summed E-state index contributed by atoms with van der Waals surface area (Å²) in [4.78, 5) is 21.2. The minimum atomic E-state index is -0.451.